The van der Waals surface area contributed by atoms with Gasteiger partial charge in [0.25, 0.3) is 0 Å². The second-order valence-electron chi connectivity index (χ2n) is 6.48. The van der Waals surface area contributed by atoms with E-state index in [2.05, 4.69) is 12.1 Å². The lowest BCUT2D eigenvalue weighted by Gasteiger charge is -2.20. The summed E-state index contributed by atoms with van der Waals surface area (Å²) in [5, 5.41) is 9.81. The van der Waals surface area contributed by atoms with Gasteiger partial charge in [0.05, 0.1) is 20.1 Å². The highest BCUT2D eigenvalue weighted by Crippen LogP contribution is 2.35. The van der Waals surface area contributed by atoms with Crippen LogP contribution in [0.3, 0.4) is 0 Å². The predicted molar refractivity (Wildman–Crippen MR) is 96.7 cm³/mol. The summed E-state index contributed by atoms with van der Waals surface area (Å²) in [4.78, 5) is 12.0. The largest absolute Gasteiger partial charge is 0.493 e. The van der Waals surface area contributed by atoms with Crippen molar-refractivity contribution in [1.82, 2.24) is 0 Å². The Labute approximate surface area is 148 Å². The molecule has 0 heterocycles. The third-order valence-corrected chi connectivity index (χ3v) is 4.98. The van der Waals surface area contributed by atoms with Crippen LogP contribution in [0, 0.1) is 0 Å². The second-order valence-corrected chi connectivity index (χ2v) is 6.48. The number of carbonyl (C=O) groups is 1. The van der Waals surface area contributed by atoms with Crippen LogP contribution in [-0.4, -0.2) is 25.3 Å². The van der Waals surface area contributed by atoms with Crippen molar-refractivity contribution in [1.29, 1.82) is 0 Å². The molecule has 1 aliphatic carbocycles. The van der Waals surface area contributed by atoms with Crippen molar-refractivity contribution in [2.75, 3.05) is 14.2 Å². The Morgan fingerprint density at radius 3 is 2.52 bits per heavy atom. The first-order chi connectivity index (χ1) is 12.1. The van der Waals surface area contributed by atoms with E-state index in [9.17, 15) is 9.90 Å². The maximum Gasteiger partial charge on any atom is 0.311 e. The summed E-state index contributed by atoms with van der Waals surface area (Å²) in [5.74, 6) is -0.197. The minimum absolute atomic E-state index is 0.370. The van der Waals surface area contributed by atoms with E-state index in [0.717, 1.165) is 24.0 Å². The average Bonchev–Trinajstić information content (AvgIpc) is 2.65. The van der Waals surface area contributed by atoms with Gasteiger partial charge in [-0.3, -0.25) is 4.79 Å². The summed E-state index contributed by atoms with van der Waals surface area (Å²) in [6.07, 6.45) is 4.90. The molecule has 4 nitrogen and oxygen atoms in total. The zero-order valence-electron chi connectivity index (χ0n) is 14.7. The zero-order valence-corrected chi connectivity index (χ0v) is 14.7. The smallest absolute Gasteiger partial charge is 0.311 e. The van der Waals surface area contributed by atoms with Crippen LogP contribution < -0.4 is 9.47 Å². The molecule has 0 bridgehead atoms. The van der Waals surface area contributed by atoms with Crippen LogP contribution in [0.1, 0.15) is 41.0 Å². The molecule has 0 saturated heterocycles. The lowest BCUT2D eigenvalue weighted by Crippen LogP contribution is -2.16. The van der Waals surface area contributed by atoms with Crippen LogP contribution in [0.15, 0.2) is 36.4 Å². The van der Waals surface area contributed by atoms with E-state index < -0.39 is 11.9 Å². The molecule has 25 heavy (non-hydrogen) atoms. The summed E-state index contributed by atoms with van der Waals surface area (Å²) in [6, 6.07) is 11.7. The molecule has 1 aliphatic rings. The van der Waals surface area contributed by atoms with Crippen LogP contribution in [0.5, 0.6) is 11.5 Å². The van der Waals surface area contributed by atoms with E-state index in [1.807, 2.05) is 24.3 Å². The first-order valence-electron chi connectivity index (χ1n) is 8.68. The number of hydrogen-bond acceptors (Lipinski definition) is 3. The third kappa shape index (κ3) is 3.63. The fourth-order valence-corrected chi connectivity index (χ4v) is 3.65. The van der Waals surface area contributed by atoms with Crippen molar-refractivity contribution >= 4 is 5.97 Å². The third-order valence-electron chi connectivity index (χ3n) is 4.98. The summed E-state index contributed by atoms with van der Waals surface area (Å²) < 4.78 is 10.8. The summed E-state index contributed by atoms with van der Waals surface area (Å²) in [5.41, 5.74) is 4.36. The maximum absolute atomic E-state index is 12.0. The number of benzene rings is 2. The number of fused-ring (bicyclic) bond motifs is 1. The fraction of sp³-hybridized carbons (Fsp3) is 0.381. The fourth-order valence-electron chi connectivity index (χ4n) is 3.65. The van der Waals surface area contributed by atoms with Gasteiger partial charge in [0.2, 0.25) is 0 Å². The number of aryl methyl sites for hydroxylation is 2. The first-order valence-corrected chi connectivity index (χ1v) is 8.68. The van der Waals surface area contributed by atoms with Gasteiger partial charge in [0.1, 0.15) is 0 Å². The molecule has 3 rings (SSSR count). The minimum atomic E-state index is -0.819. The van der Waals surface area contributed by atoms with Crippen molar-refractivity contribution in [3.63, 3.8) is 0 Å². The molecule has 0 aromatic heterocycles. The monoisotopic (exact) mass is 340 g/mol. The standard InChI is InChI=1S/C21H24O4/c1-24-19-9-5-8-17(20(19)25-2)13-18(21(22)23)16-11-10-14-6-3-4-7-15(14)12-16/h5,8-12,18H,3-4,6-7,13H2,1-2H3,(H,22,23). The molecule has 1 N–H and O–H groups in total. The summed E-state index contributed by atoms with van der Waals surface area (Å²) in [7, 11) is 3.16. The van der Waals surface area contributed by atoms with Gasteiger partial charge < -0.3 is 14.6 Å². The topological polar surface area (TPSA) is 55.8 Å². The minimum Gasteiger partial charge on any atom is -0.493 e. The molecule has 1 unspecified atom stereocenters. The normalized spacial score (nSPS) is 14.5. The molecular formula is C21H24O4. The number of carboxylic acids is 1. The van der Waals surface area contributed by atoms with E-state index in [1.165, 1.54) is 24.0 Å². The number of aliphatic carboxylic acids is 1. The van der Waals surface area contributed by atoms with Crippen LogP contribution in [0.2, 0.25) is 0 Å². The Morgan fingerprint density at radius 2 is 1.84 bits per heavy atom. The van der Waals surface area contributed by atoms with Gasteiger partial charge in [-0.2, -0.15) is 0 Å². The molecule has 4 heteroatoms. The van der Waals surface area contributed by atoms with E-state index in [4.69, 9.17) is 9.47 Å². The number of carboxylic acid groups (broad SMARTS) is 1. The summed E-state index contributed by atoms with van der Waals surface area (Å²) in [6.45, 7) is 0. The number of hydrogen-bond donors (Lipinski definition) is 1. The van der Waals surface area contributed by atoms with Crippen molar-refractivity contribution in [3.05, 3.63) is 58.7 Å². The van der Waals surface area contributed by atoms with Gasteiger partial charge in [-0.1, -0.05) is 30.3 Å². The predicted octanol–water partition coefficient (Wildman–Crippen LogP) is 3.99. The van der Waals surface area contributed by atoms with Crippen LogP contribution in [-0.2, 0) is 24.1 Å². The molecule has 0 amide bonds. The number of ether oxygens (including phenoxy) is 2. The molecule has 2 aromatic rings. The highest BCUT2D eigenvalue weighted by atomic mass is 16.5. The van der Waals surface area contributed by atoms with Crippen molar-refractivity contribution in [2.45, 2.75) is 38.0 Å². The molecular weight excluding hydrogens is 316 g/mol. The SMILES string of the molecule is COc1cccc(CC(C(=O)O)c2ccc3c(c2)CCCC3)c1OC. The highest BCUT2D eigenvalue weighted by Gasteiger charge is 2.24. The maximum atomic E-state index is 12.0. The first kappa shape index (κ1) is 17.3. The van der Waals surface area contributed by atoms with Gasteiger partial charge in [-0.25, -0.2) is 0 Å². The molecule has 132 valence electrons. The van der Waals surface area contributed by atoms with Crippen molar-refractivity contribution < 1.29 is 19.4 Å². The van der Waals surface area contributed by atoms with E-state index in [0.29, 0.717) is 17.9 Å². The van der Waals surface area contributed by atoms with Crippen LogP contribution in [0.4, 0.5) is 0 Å². The average molecular weight is 340 g/mol. The molecule has 2 aromatic carbocycles. The molecule has 0 fully saturated rings. The van der Waals surface area contributed by atoms with E-state index in [-0.39, 0.29) is 0 Å². The highest BCUT2D eigenvalue weighted by molar-refractivity contribution is 5.77. The Kier molecular flexibility index (Phi) is 5.27. The Morgan fingerprint density at radius 1 is 1.08 bits per heavy atom. The van der Waals surface area contributed by atoms with Gasteiger partial charge in [0, 0.05) is 0 Å². The number of rotatable bonds is 6. The van der Waals surface area contributed by atoms with E-state index >= 15 is 0 Å². The van der Waals surface area contributed by atoms with Gasteiger partial charge >= 0.3 is 5.97 Å². The lowest BCUT2D eigenvalue weighted by molar-refractivity contribution is -0.138. The quantitative estimate of drug-likeness (QED) is 0.864. The number of para-hydroxylation sites is 1. The summed E-state index contributed by atoms with van der Waals surface area (Å²) >= 11 is 0. The van der Waals surface area contributed by atoms with E-state index in [1.54, 1.807) is 14.2 Å². The van der Waals surface area contributed by atoms with Crippen molar-refractivity contribution in [3.8, 4) is 11.5 Å². The molecule has 0 aliphatic heterocycles. The zero-order chi connectivity index (χ0) is 17.8. The molecule has 0 spiro atoms. The molecule has 1 atom stereocenters. The number of methoxy groups -OCH3 is 2. The van der Waals surface area contributed by atoms with Crippen molar-refractivity contribution in [2.24, 2.45) is 0 Å². The van der Waals surface area contributed by atoms with Gasteiger partial charge in [-0.05, 0) is 60.4 Å². The lowest BCUT2D eigenvalue weighted by atomic mass is 9.85. The van der Waals surface area contributed by atoms with Gasteiger partial charge in [0.15, 0.2) is 11.5 Å². The van der Waals surface area contributed by atoms with Gasteiger partial charge in [-0.15, -0.1) is 0 Å². The molecule has 0 saturated carbocycles. The Hall–Kier alpha value is -2.49. The molecule has 0 radical (unpaired) electrons. The Balaban J connectivity index is 1.94. The second kappa shape index (κ2) is 7.60. The Bertz CT molecular complexity index is 766. The van der Waals surface area contributed by atoms with Crippen LogP contribution in [0.25, 0.3) is 0 Å². The van der Waals surface area contributed by atoms with Crippen LogP contribution >= 0.6 is 0 Å².